The van der Waals surface area contributed by atoms with Crippen LogP contribution in [0.25, 0.3) is 0 Å². The van der Waals surface area contributed by atoms with E-state index >= 15 is 0 Å². The molecule has 1 saturated heterocycles. The van der Waals surface area contributed by atoms with E-state index in [1.54, 1.807) is 6.20 Å². The molecule has 0 bridgehead atoms. The molecule has 2 atom stereocenters. The summed E-state index contributed by atoms with van der Waals surface area (Å²) in [5.74, 6) is -1.46. The molecule has 128 valence electrons. The van der Waals surface area contributed by atoms with Crippen molar-refractivity contribution in [1.82, 2.24) is 15.2 Å². The number of carbonyl (C=O) groups is 1. The number of aromatic hydroxyl groups is 1. The maximum absolute atomic E-state index is 10.8. The fourth-order valence-electron chi connectivity index (χ4n) is 3.30. The quantitative estimate of drug-likeness (QED) is 0.711. The number of nitrogens with zero attached hydrogens (tertiary/aromatic N) is 2. The van der Waals surface area contributed by atoms with Gasteiger partial charge in [0.25, 0.3) is 0 Å². The number of carboxylic acid groups (broad SMARTS) is 1. The lowest BCUT2D eigenvalue weighted by molar-refractivity contribution is 0.0687. The van der Waals surface area contributed by atoms with Gasteiger partial charge in [-0.1, -0.05) is 6.92 Å². The Bertz CT molecular complexity index is 536. The largest absolute Gasteiger partial charge is 0.505 e. The Balaban J connectivity index is 1.84. The summed E-state index contributed by atoms with van der Waals surface area (Å²) in [6.07, 6.45) is 5.58. The van der Waals surface area contributed by atoms with Crippen LogP contribution in [-0.2, 0) is 6.42 Å². The van der Waals surface area contributed by atoms with Gasteiger partial charge in [-0.05, 0) is 44.2 Å². The van der Waals surface area contributed by atoms with Crippen molar-refractivity contribution in [3.63, 3.8) is 0 Å². The van der Waals surface area contributed by atoms with Crippen LogP contribution in [0.4, 0.5) is 0 Å². The van der Waals surface area contributed by atoms with Gasteiger partial charge < -0.3 is 15.5 Å². The molecule has 0 radical (unpaired) electrons. The number of hydrogen-bond donors (Lipinski definition) is 3. The number of aromatic nitrogens is 1. The summed E-state index contributed by atoms with van der Waals surface area (Å²) in [4.78, 5) is 17.2. The molecule has 2 unspecified atom stereocenters. The van der Waals surface area contributed by atoms with Crippen LogP contribution in [0.15, 0.2) is 12.3 Å². The average molecular weight is 321 g/mol. The van der Waals surface area contributed by atoms with Crippen molar-refractivity contribution in [2.45, 2.75) is 51.6 Å². The predicted molar refractivity (Wildman–Crippen MR) is 88.9 cm³/mol. The molecule has 2 heterocycles. The Kier molecular flexibility index (Phi) is 6.36. The number of carboxylic acids is 1. The van der Waals surface area contributed by atoms with E-state index in [0.717, 1.165) is 50.9 Å². The van der Waals surface area contributed by atoms with E-state index in [1.807, 2.05) is 0 Å². The second kappa shape index (κ2) is 8.26. The Hall–Kier alpha value is -1.66. The van der Waals surface area contributed by atoms with Gasteiger partial charge in [0.15, 0.2) is 5.69 Å². The maximum Gasteiger partial charge on any atom is 0.358 e. The molecule has 1 aromatic heterocycles. The fraction of sp³-hybridized carbons (Fsp3) is 0.647. The van der Waals surface area contributed by atoms with Crippen LogP contribution in [0.1, 0.15) is 49.2 Å². The Morgan fingerprint density at radius 3 is 3.00 bits per heavy atom. The van der Waals surface area contributed by atoms with E-state index in [9.17, 15) is 9.90 Å². The Morgan fingerprint density at radius 2 is 2.35 bits per heavy atom. The van der Waals surface area contributed by atoms with Crippen LogP contribution in [0.2, 0.25) is 0 Å². The highest BCUT2D eigenvalue weighted by atomic mass is 16.4. The molecule has 6 heteroatoms. The van der Waals surface area contributed by atoms with Crippen molar-refractivity contribution in [3.8, 4) is 5.75 Å². The number of nitrogens with one attached hydrogen (secondary N) is 1. The summed E-state index contributed by atoms with van der Waals surface area (Å²) in [7, 11) is 0. The van der Waals surface area contributed by atoms with Crippen molar-refractivity contribution in [2.75, 3.05) is 19.6 Å². The summed E-state index contributed by atoms with van der Waals surface area (Å²) in [5, 5.41) is 22.0. The normalized spacial score (nSPS) is 20.3. The van der Waals surface area contributed by atoms with E-state index in [1.165, 1.54) is 6.07 Å². The molecule has 0 amide bonds. The van der Waals surface area contributed by atoms with Crippen molar-refractivity contribution >= 4 is 5.97 Å². The number of aromatic carboxylic acids is 1. The lowest BCUT2D eigenvalue weighted by atomic mass is 10.0. The predicted octanol–water partition coefficient (Wildman–Crippen LogP) is 1.88. The number of pyridine rings is 1. The topological polar surface area (TPSA) is 85.7 Å². The first-order chi connectivity index (χ1) is 11.0. The first kappa shape index (κ1) is 17.7. The summed E-state index contributed by atoms with van der Waals surface area (Å²) in [5.41, 5.74) is 0.598. The number of hydrogen-bond acceptors (Lipinski definition) is 5. The first-order valence-corrected chi connectivity index (χ1v) is 8.40. The van der Waals surface area contributed by atoms with Gasteiger partial charge in [0.05, 0.1) is 0 Å². The van der Waals surface area contributed by atoms with E-state index < -0.39 is 5.97 Å². The van der Waals surface area contributed by atoms with Gasteiger partial charge in [0.2, 0.25) is 0 Å². The van der Waals surface area contributed by atoms with E-state index in [4.69, 9.17) is 5.11 Å². The van der Waals surface area contributed by atoms with Crippen LogP contribution in [0.3, 0.4) is 0 Å². The molecule has 0 aliphatic carbocycles. The fourth-order valence-corrected chi connectivity index (χ4v) is 3.30. The molecule has 1 aliphatic heterocycles. The summed E-state index contributed by atoms with van der Waals surface area (Å²) in [6.45, 7) is 7.72. The smallest absolute Gasteiger partial charge is 0.358 e. The zero-order valence-electron chi connectivity index (χ0n) is 14.0. The van der Waals surface area contributed by atoms with Crippen LogP contribution in [0, 0.1) is 0 Å². The molecular formula is C17H27N3O3. The highest BCUT2D eigenvalue weighted by Gasteiger charge is 2.24. The maximum atomic E-state index is 10.8. The minimum atomic E-state index is -1.20. The van der Waals surface area contributed by atoms with Gasteiger partial charge >= 0.3 is 5.97 Å². The number of aryl methyl sites for hydroxylation is 1. The standard InChI is InChI=1S/C17H27N3O3/c1-3-14-11-18-7-8-20(14)12(2)5-4-6-13-9-15(21)16(17(22)23)19-10-13/h9-10,12,14,18,21H,3-8,11H2,1-2H3,(H,22,23). The molecule has 1 aromatic rings. The van der Waals surface area contributed by atoms with Crippen molar-refractivity contribution < 1.29 is 15.0 Å². The molecule has 23 heavy (non-hydrogen) atoms. The molecule has 3 N–H and O–H groups in total. The second-order valence-electron chi connectivity index (χ2n) is 6.26. The van der Waals surface area contributed by atoms with Crippen LogP contribution in [-0.4, -0.2) is 57.8 Å². The minimum Gasteiger partial charge on any atom is -0.505 e. The van der Waals surface area contributed by atoms with Gasteiger partial charge in [0.1, 0.15) is 5.75 Å². The van der Waals surface area contributed by atoms with Gasteiger partial charge in [-0.3, -0.25) is 4.90 Å². The van der Waals surface area contributed by atoms with Crippen LogP contribution in [0.5, 0.6) is 5.75 Å². The van der Waals surface area contributed by atoms with Crippen molar-refractivity contribution in [1.29, 1.82) is 0 Å². The highest BCUT2D eigenvalue weighted by Crippen LogP contribution is 2.19. The van der Waals surface area contributed by atoms with Gasteiger partial charge in [-0.15, -0.1) is 0 Å². The van der Waals surface area contributed by atoms with Gasteiger partial charge in [-0.2, -0.15) is 0 Å². The molecule has 0 aromatic carbocycles. The van der Waals surface area contributed by atoms with E-state index in [2.05, 4.69) is 29.0 Å². The van der Waals surface area contributed by atoms with Crippen molar-refractivity contribution in [3.05, 3.63) is 23.5 Å². The van der Waals surface area contributed by atoms with Gasteiger partial charge in [0, 0.05) is 37.9 Å². The summed E-state index contributed by atoms with van der Waals surface area (Å²) < 4.78 is 0. The molecule has 6 nitrogen and oxygen atoms in total. The Morgan fingerprint density at radius 1 is 1.57 bits per heavy atom. The molecule has 1 aliphatic rings. The molecule has 1 fully saturated rings. The van der Waals surface area contributed by atoms with E-state index in [-0.39, 0.29) is 11.4 Å². The second-order valence-corrected chi connectivity index (χ2v) is 6.26. The zero-order valence-corrected chi connectivity index (χ0v) is 14.0. The van der Waals surface area contributed by atoms with Crippen LogP contribution >= 0.6 is 0 Å². The van der Waals surface area contributed by atoms with Crippen molar-refractivity contribution in [2.24, 2.45) is 0 Å². The minimum absolute atomic E-state index is 0.254. The molecule has 2 rings (SSSR count). The van der Waals surface area contributed by atoms with Gasteiger partial charge in [-0.25, -0.2) is 9.78 Å². The number of rotatable bonds is 7. The third kappa shape index (κ3) is 4.65. The summed E-state index contributed by atoms with van der Waals surface area (Å²) in [6, 6.07) is 2.65. The van der Waals surface area contributed by atoms with E-state index in [0.29, 0.717) is 12.1 Å². The Labute approximate surface area is 137 Å². The van der Waals surface area contributed by atoms with Crippen LogP contribution < -0.4 is 5.32 Å². The highest BCUT2D eigenvalue weighted by molar-refractivity contribution is 5.88. The summed E-state index contributed by atoms with van der Waals surface area (Å²) >= 11 is 0. The third-order valence-electron chi connectivity index (χ3n) is 4.65. The third-order valence-corrected chi connectivity index (χ3v) is 4.65. The molecule has 0 spiro atoms. The lowest BCUT2D eigenvalue weighted by Gasteiger charge is -2.40. The zero-order chi connectivity index (χ0) is 16.8. The number of piperazine rings is 1. The monoisotopic (exact) mass is 321 g/mol. The SMILES string of the molecule is CCC1CNCCN1C(C)CCCc1cnc(C(=O)O)c(O)c1. The lowest BCUT2D eigenvalue weighted by Crippen LogP contribution is -2.54. The molecule has 0 saturated carbocycles. The average Bonchev–Trinajstić information content (AvgIpc) is 2.54. The molecular weight excluding hydrogens is 294 g/mol. The first-order valence-electron chi connectivity index (χ1n) is 8.40.